The number of ether oxygens (including phenoxy) is 1. The first-order valence-corrected chi connectivity index (χ1v) is 11.0. The highest BCUT2D eigenvalue weighted by atomic mass is 16.5. The van der Waals surface area contributed by atoms with Crippen molar-refractivity contribution in [2.75, 3.05) is 12.0 Å². The van der Waals surface area contributed by atoms with Gasteiger partial charge in [0.15, 0.2) is 0 Å². The van der Waals surface area contributed by atoms with Gasteiger partial charge in [-0.05, 0) is 47.0 Å². The Hall–Kier alpha value is -4.37. The number of carbonyl (C=O) groups is 1. The van der Waals surface area contributed by atoms with Gasteiger partial charge in [0.2, 0.25) is 0 Å². The van der Waals surface area contributed by atoms with E-state index in [0.29, 0.717) is 5.56 Å². The van der Waals surface area contributed by atoms with Gasteiger partial charge in [-0.1, -0.05) is 78.9 Å². The maximum atomic E-state index is 13.8. The second kappa shape index (κ2) is 7.64. The van der Waals surface area contributed by atoms with E-state index in [9.17, 15) is 4.79 Å². The minimum Gasteiger partial charge on any atom is -0.496 e. The largest absolute Gasteiger partial charge is 0.496 e. The first kappa shape index (κ1) is 19.3. The molecule has 0 aliphatic carbocycles. The quantitative estimate of drug-likeness (QED) is 0.298. The van der Waals surface area contributed by atoms with Crippen LogP contribution in [0.1, 0.15) is 10.4 Å². The van der Waals surface area contributed by atoms with E-state index in [-0.39, 0.29) is 5.91 Å². The lowest BCUT2D eigenvalue weighted by Gasteiger charge is -2.19. The fraction of sp³-hybridized carbons (Fsp3) is 0.0333. The summed E-state index contributed by atoms with van der Waals surface area (Å²) >= 11 is 0. The van der Waals surface area contributed by atoms with Crippen molar-refractivity contribution in [3.05, 3.63) is 115 Å². The minimum absolute atomic E-state index is 0.0220. The molecule has 3 nitrogen and oxygen atoms in total. The molecule has 0 unspecified atom stereocenters. The molecule has 0 atom stereocenters. The normalized spacial score (nSPS) is 12.4. The van der Waals surface area contributed by atoms with Crippen LogP contribution >= 0.6 is 0 Å². The molecule has 0 radical (unpaired) electrons. The Morgan fingerprint density at radius 3 is 1.88 bits per heavy atom. The van der Waals surface area contributed by atoms with Crippen molar-refractivity contribution in [1.82, 2.24) is 0 Å². The van der Waals surface area contributed by atoms with E-state index >= 15 is 0 Å². The molecule has 1 aliphatic heterocycles. The van der Waals surface area contributed by atoms with Crippen LogP contribution < -0.4 is 9.64 Å². The summed E-state index contributed by atoms with van der Waals surface area (Å²) < 4.78 is 5.86. The van der Waals surface area contributed by atoms with Crippen LogP contribution in [-0.2, 0) is 0 Å². The van der Waals surface area contributed by atoms with Gasteiger partial charge in [-0.2, -0.15) is 0 Å². The first-order valence-electron chi connectivity index (χ1n) is 11.0. The Morgan fingerprint density at radius 2 is 1.24 bits per heavy atom. The predicted molar refractivity (Wildman–Crippen MR) is 134 cm³/mol. The molecule has 1 amide bonds. The number of rotatable bonds is 4. The van der Waals surface area contributed by atoms with Gasteiger partial charge in [-0.3, -0.25) is 9.69 Å². The van der Waals surface area contributed by atoms with Crippen LogP contribution in [-0.4, -0.2) is 13.0 Å². The Bertz CT molecular complexity index is 1490. The van der Waals surface area contributed by atoms with E-state index in [1.165, 1.54) is 0 Å². The number of anilines is 2. The second-order valence-corrected chi connectivity index (χ2v) is 8.09. The Labute approximate surface area is 192 Å². The molecule has 0 aromatic heterocycles. The van der Waals surface area contributed by atoms with E-state index in [4.69, 9.17) is 4.74 Å². The lowest BCUT2D eigenvalue weighted by Crippen LogP contribution is -2.20. The summed E-state index contributed by atoms with van der Waals surface area (Å²) in [5.74, 6) is 0.737. The molecular weight excluding hydrogens is 406 g/mol. The lowest BCUT2D eigenvalue weighted by atomic mass is 9.87. The van der Waals surface area contributed by atoms with E-state index in [2.05, 4.69) is 24.3 Å². The highest BCUT2D eigenvalue weighted by molar-refractivity contribution is 6.31. The summed E-state index contributed by atoms with van der Waals surface area (Å²) in [5.41, 5.74) is 6.67. The van der Waals surface area contributed by atoms with Gasteiger partial charge in [-0.15, -0.1) is 0 Å². The topological polar surface area (TPSA) is 29.5 Å². The van der Waals surface area contributed by atoms with E-state index in [1.54, 1.807) is 12.0 Å². The molecule has 6 rings (SSSR count). The standard InChI is InChI=1S/C30H21NO2/c1-33-26-18-17-25-28-24(30(32)31(25)22-15-9-4-10-16-22)19-23(20-11-5-2-6-12-20)27(29(26)28)21-13-7-3-8-14-21/h2-19H,1H3. The van der Waals surface area contributed by atoms with Crippen LogP contribution in [0.15, 0.2) is 109 Å². The van der Waals surface area contributed by atoms with Gasteiger partial charge < -0.3 is 4.74 Å². The average molecular weight is 428 g/mol. The fourth-order valence-corrected chi connectivity index (χ4v) is 4.86. The van der Waals surface area contributed by atoms with Crippen molar-refractivity contribution in [1.29, 1.82) is 0 Å². The van der Waals surface area contributed by atoms with E-state index in [1.807, 2.05) is 84.9 Å². The summed E-state index contributed by atoms with van der Waals surface area (Å²) in [6.45, 7) is 0. The lowest BCUT2D eigenvalue weighted by molar-refractivity contribution is 0.100. The zero-order valence-electron chi connectivity index (χ0n) is 18.2. The van der Waals surface area contributed by atoms with E-state index < -0.39 is 0 Å². The summed E-state index contributed by atoms with van der Waals surface area (Å²) in [6, 6.07) is 36.4. The van der Waals surface area contributed by atoms with Crippen molar-refractivity contribution in [2.24, 2.45) is 0 Å². The maximum Gasteiger partial charge on any atom is 0.263 e. The highest BCUT2D eigenvalue weighted by Gasteiger charge is 2.34. The summed E-state index contributed by atoms with van der Waals surface area (Å²) in [4.78, 5) is 15.6. The van der Waals surface area contributed by atoms with E-state index in [0.717, 1.165) is 50.2 Å². The number of benzene rings is 5. The van der Waals surface area contributed by atoms with Crippen LogP contribution in [0.3, 0.4) is 0 Å². The van der Waals surface area contributed by atoms with Crippen LogP contribution in [0, 0.1) is 0 Å². The number of methoxy groups -OCH3 is 1. The number of hydrogen-bond acceptors (Lipinski definition) is 2. The van der Waals surface area contributed by atoms with Crippen molar-refractivity contribution >= 4 is 28.1 Å². The van der Waals surface area contributed by atoms with Crippen LogP contribution in [0.4, 0.5) is 11.4 Å². The average Bonchev–Trinajstić information content (AvgIpc) is 3.17. The van der Waals surface area contributed by atoms with Crippen molar-refractivity contribution in [3.8, 4) is 28.0 Å². The molecule has 0 saturated carbocycles. The molecule has 0 N–H and O–H groups in total. The zero-order valence-corrected chi connectivity index (χ0v) is 18.2. The molecule has 5 aromatic carbocycles. The molecule has 3 heteroatoms. The maximum absolute atomic E-state index is 13.8. The van der Waals surface area contributed by atoms with Crippen molar-refractivity contribution in [3.63, 3.8) is 0 Å². The third-order valence-corrected chi connectivity index (χ3v) is 6.28. The van der Waals surface area contributed by atoms with Crippen LogP contribution in [0.5, 0.6) is 5.75 Å². The van der Waals surface area contributed by atoms with Crippen LogP contribution in [0.2, 0.25) is 0 Å². The van der Waals surface area contributed by atoms with Gasteiger partial charge in [0.1, 0.15) is 5.75 Å². The molecular formula is C30H21NO2. The predicted octanol–water partition coefficient (Wildman–Crippen LogP) is 7.47. The third kappa shape index (κ3) is 2.94. The van der Waals surface area contributed by atoms with Crippen molar-refractivity contribution in [2.45, 2.75) is 0 Å². The zero-order chi connectivity index (χ0) is 22.4. The Kier molecular flexibility index (Phi) is 4.48. The molecule has 5 aromatic rings. The molecule has 158 valence electrons. The minimum atomic E-state index is -0.0220. The third-order valence-electron chi connectivity index (χ3n) is 6.28. The molecule has 33 heavy (non-hydrogen) atoms. The number of nitrogens with zero attached hydrogens (tertiary/aromatic N) is 1. The molecule has 0 spiro atoms. The monoisotopic (exact) mass is 427 g/mol. The number of hydrogen-bond donors (Lipinski definition) is 0. The molecule has 1 heterocycles. The Morgan fingerprint density at radius 1 is 0.636 bits per heavy atom. The first-order chi connectivity index (χ1) is 16.3. The highest BCUT2D eigenvalue weighted by Crippen LogP contribution is 2.51. The number of carbonyl (C=O) groups excluding carboxylic acids is 1. The number of amides is 1. The van der Waals surface area contributed by atoms with Gasteiger partial charge in [-0.25, -0.2) is 0 Å². The smallest absolute Gasteiger partial charge is 0.263 e. The van der Waals surface area contributed by atoms with Gasteiger partial charge in [0.05, 0.1) is 18.4 Å². The SMILES string of the molecule is COc1ccc2c3c(cc(-c4ccccc4)c(-c4ccccc4)c13)C(=O)N2c1ccccc1. The van der Waals surface area contributed by atoms with Gasteiger partial charge >= 0.3 is 0 Å². The summed E-state index contributed by atoms with van der Waals surface area (Å²) in [7, 11) is 1.69. The molecule has 0 fully saturated rings. The molecule has 0 bridgehead atoms. The van der Waals surface area contributed by atoms with Crippen LogP contribution in [0.25, 0.3) is 33.0 Å². The second-order valence-electron chi connectivity index (χ2n) is 8.09. The Balaban J connectivity index is 1.77. The number of para-hydroxylation sites is 1. The summed E-state index contributed by atoms with van der Waals surface area (Å²) in [5, 5.41) is 1.89. The molecule has 0 saturated heterocycles. The van der Waals surface area contributed by atoms with Crippen molar-refractivity contribution < 1.29 is 9.53 Å². The van der Waals surface area contributed by atoms with Gasteiger partial charge in [0, 0.05) is 22.0 Å². The fourth-order valence-electron chi connectivity index (χ4n) is 4.86. The van der Waals surface area contributed by atoms with Gasteiger partial charge in [0.25, 0.3) is 5.91 Å². The summed E-state index contributed by atoms with van der Waals surface area (Å²) in [6.07, 6.45) is 0. The molecule has 1 aliphatic rings.